The SMILES string of the molecule is C[C@H]1OCCN(Cc2cccc(C(C)(F)F)n2)[C@@H]1C(=O)O. The molecule has 1 aromatic heterocycles. The summed E-state index contributed by atoms with van der Waals surface area (Å²) in [5, 5.41) is 9.28. The first-order chi connectivity index (χ1) is 9.79. The first-order valence-corrected chi connectivity index (χ1v) is 6.71. The van der Waals surface area contributed by atoms with Crippen LogP contribution in [-0.4, -0.2) is 46.3 Å². The minimum Gasteiger partial charge on any atom is -0.480 e. The summed E-state index contributed by atoms with van der Waals surface area (Å²) < 4.78 is 31.9. The maximum Gasteiger partial charge on any atom is 0.323 e. The highest BCUT2D eigenvalue weighted by atomic mass is 19.3. The fourth-order valence-corrected chi connectivity index (χ4v) is 2.44. The summed E-state index contributed by atoms with van der Waals surface area (Å²) in [6.07, 6.45) is -0.452. The molecule has 7 heteroatoms. The van der Waals surface area contributed by atoms with Crippen molar-refractivity contribution in [2.24, 2.45) is 0 Å². The summed E-state index contributed by atoms with van der Waals surface area (Å²) >= 11 is 0. The van der Waals surface area contributed by atoms with E-state index in [1.165, 1.54) is 12.1 Å². The second kappa shape index (κ2) is 6.03. The van der Waals surface area contributed by atoms with Gasteiger partial charge in [0.05, 0.1) is 18.4 Å². The lowest BCUT2D eigenvalue weighted by atomic mass is 10.1. The van der Waals surface area contributed by atoms with Crippen LogP contribution in [0, 0.1) is 0 Å². The molecule has 0 aliphatic carbocycles. The van der Waals surface area contributed by atoms with Gasteiger partial charge in [0.25, 0.3) is 5.92 Å². The van der Waals surface area contributed by atoms with E-state index in [-0.39, 0.29) is 12.2 Å². The highest BCUT2D eigenvalue weighted by molar-refractivity contribution is 5.74. The Morgan fingerprint density at radius 3 is 2.90 bits per heavy atom. The van der Waals surface area contributed by atoms with Crippen molar-refractivity contribution in [2.45, 2.75) is 38.5 Å². The lowest BCUT2D eigenvalue weighted by molar-refractivity contribution is -0.156. The van der Waals surface area contributed by atoms with Gasteiger partial charge in [-0.1, -0.05) is 6.07 Å². The van der Waals surface area contributed by atoms with Gasteiger partial charge in [-0.3, -0.25) is 14.7 Å². The lowest BCUT2D eigenvalue weighted by Crippen LogP contribution is -2.53. The van der Waals surface area contributed by atoms with Gasteiger partial charge < -0.3 is 9.84 Å². The Kier molecular flexibility index (Phi) is 4.53. The van der Waals surface area contributed by atoms with E-state index in [9.17, 15) is 18.7 Å². The molecule has 1 aromatic rings. The van der Waals surface area contributed by atoms with Crippen LogP contribution in [0.25, 0.3) is 0 Å². The summed E-state index contributed by atoms with van der Waals surface area (Å²) in [5.41, 5.74) is 0.113. The van der Waals surface area contributed by atoms with Gasteiger partial charge in [-0.25, -0.2) is 0 Å². The molecule has 0 bridgehead atoms. The predicted molar refractivity (Wildman–Crippen MR) is 71.1 cm³/mol. The zero-order valence-electron chi connectivity index (χ0n) is 11.9. The number of ether oxygens (including phenoxy) is 1. The minimum atomic E-state index is -3.01. The molecule has 2 rings (SSSR count). The molecule has 2 atom stereocenters. The number of alkyl halides is 2. The van der Waals surface area contributed by atoms with E-state index in [1.807, 2.05) is 0 Å². The average Bonchev–Trinajstić information content (AvgIpc) is 2.37. The summed E-state index contributed by atoms with van der Waals surface area (Å²) in [7, 11) is 0. The molecule has 0 amide bonds. The van der Waals surface area contributed by atoms with Gasteiger partial charge in [0, 0.05) is 20.0 Å². The molecule has 0 unspecified atom stereocenters. The van der Waals surface area contributed by atoms with Gasteiger partial charge in [0.2, 0.25) is 0 Å². The monoisotopic (exact) mass is 300 g/mol. The maximum absolute atomic E-state index is 13.3. The van der Waals surface area contributed by atoms with Crippen molar-refractivity contribution >= 4 is 5.97 Å². The van der Waals surface area contributed by atoms with Crippen LogP contribution in [0.1, 0.15) is 25.2 Å². The number of nitrogens with zero attached hydrogens (tertiary/aromatic N) is 2. The van der Waals surface area contributed by atoms with E-state index in [1.54, 1.807) is 17.9 Å². The third-order valence-corrected chi connectivity index (χ3v) is 3.47. The van der Waals surface area contributed by atoms with Crippen LogP contribution >= 0.6 is 0 Å². The fraction of sp³-hybridized carbons (Fsp3) is 0.571. The van der Waals surface area contributed by atoms with Crippen LogP contribution in [0.15, 0.2) is 18.2 Å². The van der Waals surface area contributed by atoms with Crippen LogP contribution in [0.5, 0.6) is 0 Å². The Hall–Kier alpha value is -1.60. The van der Waals surface area contributed by atoms with E-state index in [4.69, 9.17) is 4.74 Å². The third kappa shape index (κ3) is 3.74. The molecule has 0 saturated carbocycles. The lowest BCUT2D eigenvalue weighted by Gasteiger charge is -2.37. The molecule has 1 fully saturated rings. The Morgan fingerprint density at radius 1 is 1.57 bits per heavy atom. The Bertz CT molecular complexity index is 519. The quantitative estimate of drug-likeness (QED) is 0.919. The van der Waals surface area contributed by atoms with Gasteiger partial charge in [-0.2, -0.15) is 8.78 Å². The Morgan fingerprint density at radius 2 is 2.29 bits per heavy atom. The topological polar surface area (TPSA) is 62.7 Å². The van der Waals surface area contributed by atoms with Crippen molar-refractivity contribution in [2.75, 3.05) is 13.2 Å². The van der Waals surface area contributed by atoms with E-state index < -0.39 is 24.0 Å². The van der Waals surface area contributed by atoms with Crippen molar-refractivity contribution in [3.8, 4) is 0 Å². The number of morpholine rings is 1. The molecule has 0 radical (unpaired) electrons. The summed E-state index contributed by atoms with van der Waals surface area (Å²) in [4.78, 5) is 17.0. The zero-order valence-corrected chi connectivity index (χ0v) is 11.9. The largest absolute Gasteiger partial charge is 0.480 e. The molecule has 2 heterocycles. The van der Waals surface area contributed by atoms with E-state index in [0.717, 1.165) is 6.92 Å². The first kappa shape index (κ1) is 15.8. The van der Waals surface area contributed by atoms with Crippen molar-refractivity contribution in [1.82, 2.24) is 9.88 Å². The number of carbonyl (C=O) groups is 1. The number of pyridine rings is 1. The van der Waals surface area contributed by atoms with Crippen molar-refractivity contribution in [3.05, 3.63) is 29.6 Å². The molecule has 5 nitrogen and oxygen atoms in total. The molecule has 116 valence electrons. The second-order valence-corrected chi connectivity index (χ2v) is 5.23. The number of hydrogen-bond donors (Lipinski definition) is 1. The molecular formula is C14H18F2N2O3. The molecular weight excluding hydrogens is 282 g/mol. The molecule has 1 saturated heterocycles. The number of carboxylic acids is 1. The summed E-state index contributed by atoms with van der Waals surface area (Å²) in [6.45, 7) is 3.52. The van der Waals surface area contributed by atoms with Gasteiger partial charge >= 0.3 is 5.97 Å². The molecule has 1 N–H and O–H groups in total. The second-order valence-electron chi connectivity index (χ2n) is 5.23. The predicted octanol–water partition coefficient (Wildman–Crippen LogP) is 1.87. The van der Waals surface area contributed by atoms with Gasteiger partial charge in [0.15, 0.2) is 0 Å². The molecule has 0 spiro atoms. The van der Waals surface area contributed by atoms with Crippen LogP contribution in [0.2, 0.25) is 0 Å². The molecule has 1 aliphatic rings. The number of rotatable bonds is 4. The van der Waals surface area contributed by atoms with Gasteiger partial charge in [-0.15, -0.1) is 0 Å². The normalized spacial score (nSPS) is 24.0. The van der Waals surface area contributed by atoms with Crippen LogP contribution in [0.3, 0.4) is 0 Å². The smallest absolute Gasteiger partial charge is 0.323 e. The van der Waals surface area contributed by atoms with Crippen molar-refractivity contribution in [1.29, 1.82) is 0 Å². The number of hydrogen-bond acceptors (Lipinski definition) is 4. The van der Waals surface area contributed by atoms with E-state index in [2.05, 4.69) is 4.98 Å². The minimum absolute atomic E-state index is 0.203. The van der Waals surface area contributed by atoms with Crippen molar-refractivity contribution in [3.63, 3.8) is 0 Å². The van der Waals surface area contributed by atoms with Gasteiger partial charge in [-0.05, 0) is 19.1 Å². The zero-order chi connectivity index (χ0) is 15.6. The summed E-state index contributed by atoms with van der Waals surface area (Å²) in [5.74, 6) is -4.00. The number of halogens is 2. The van der Waals surface area contributed by atoms with Gasteiger partial charge in [0.1, 0.15) is 11.7 Å². The maximum atomic E-state index is 13.3. The average molecular weight is 300 g/mol. The van der Waals surface area contributed by atoms with E-state index in [0.29, 0.717) is 18.8 Å². The number of aromatic nitrogens is 1. The third-order valence-electron chi connectivity index (χ3n) is 3.47. The van der Waals surface area contributed by atoms with Crippen molar-refractivity contribution < 1.29 is 23.4 Å². The van der Waals surface area contributed by atoms with Crippen LogP contribution < -0.4 is 0 Å². The highest BCUT2D eigenvalue weighted by Gasteiger charge is 2.35. The first-order valence-electron chi connectivity index (χ1n) is 6.71. The Balaban J connectivity index is 2.18. The van der Waals surface area contributed by atoms with Crippen LogP contribution in [-0.2, 0) is 22.0 Å². The fourth-order valence-electron chi connectivity index (χ4n) is 2.44. The molecule has 0 aromatic carbocycles. The Labute approximate surface area is 121 Å². The van der Waals surface area contributed by atoms with Crippen LogP contribution in [0.4, 0.5) is 8.78 Å². The summed E-state index contributed by atoms with van der Waals surface area (Å²) in [6, 6.07) is 3.59. The standard InChI is InChI=1S/C14H18F2N2O3/c1-9-12(13(19)20)18(6-7-21-9)8-10-4-3-5-11(17-10)14(2,15)16/h3-5,9,12H,6-8H2,1-2H3,(H,19,20)/t9-,12+/m1/s1. The molecule has 21 heavy (non-hydrogen) atoms. The number of carboxylic acid groups (broad SMARTS) is 1. The number of aliphatic carboxylic acids is 1. The van der Waals surface area contributed by atoms with E-state index >= 15 is 0 Å². The molecule has 1 aliphatic heterocycles. The highest BCUT2D eigenvalue weighted by Crippen LogP contribution is 2.25.